The Hall–Kier alpha value is -8.88. The molecule has 0 aliphatic carbocycles. The molecular formula is C57H60Cl2N8O17. The lowest BCUT2D eigenvalue weighted by Crippen LogP contribution is -2.59. The van der Waals surface area contributed by atoms with E-state index in [-0.39, 0.29) is 101 Å². The zero-order chi connectivity index (χ0) is 61.0. The van der Waals surface area contributed by atoms with Crippen LogP contribution in [0.15, 0.2) is 78.9 Å². The van der Waals surface area contributed by atoms with E-state index >= 15 is 9.59 Å². The second-order valence-corrected chi connectivity index (χ2v) is 20.9. The zero-order valence-electron chi connectivity index (χ0n) is 46.1. The van der Waals surface area contributed by atoms with Crippen molar-refractivity contribution in [1.82, 2.24) is 37.2 Å². The summed E-state index contributed by atoms with van der Waals surface area (Å²) < 4.78 is 35.7. The molecule has 0 saturated heterocycles. The molecule has 25 nitrogen and oxygen atoms in total. The molecule has 84 heavy (non-hydrogen) atoms. The van der Waals surface area contributed by atoms with Crippen molar-refractivity contribution in [3.05, 3.63) is 117 Å². The maximum Gasteiger partial charge on any atom is 0.330 e. The van der Waals surface area contributed by atoms with Crippen LogP contribution in [0.4, 0.5) is 0 Å². The summed E-state index contributed by atoms with van der Waals surface area (Å²) in [6.07, 6.45) is -4.56. The number of primary amides is 1. The third kappa shape index (κ3) is 12.8. The Morgan fingerprint density at radius 1 is 0.643 bits per heavy atom. The van der Waals surface area contributed by atoms with Gasteiger partial charge in [0.25, 0.3) is 0 Å². The first-order valence-corrected chi connectivity index (χ1v) is 26.7. The molecule has 5 heterocycles. The second kappa shape index (κ2) is 25.7. The lowest BCUT2D eigenvalue weighted by molar-refractivity contribution is -0.143. The van der Waals surface area contributed by atoms with Gasteiger partial charge >= 0.3 is 5.97 Å². The van der Waals surface area contributed by atoms with Crippen LogP contribution >= 0.6 is 23.2 Å². The number of aliphatic carboxylic acids is 1. The van der Waals surface area contributed by atoms with E-state index in [1.807, 2.05) is 13.8 Å². The maximum atomic E-state index is 15.7. The summed E-state index contributed by atoms with van der Waals surface area (Å²) in [7, 11) is 6.69. The predicted octanol–water partition coefficient (Wildman–Crippen LogP) is 3.61. The fraction of sp³-hybridized carbons (Fsp3) is 0.333. The van der Waals surface area contributed by atoms with Gasteiger partial charge in [0.05, 0.1) is 50.9 Å². The van der Waals surface area contributed by atoms with E-state index in [1.165, 1.54) is 114 Å². The van der Waals surface area contributed by atoms with Crippen LogP contribution in [-0.2, 0) is 38.4 Å². The molecular weight excluding hydrogens is 1140 g/mol. The van der Waals surface area contributed by atoms with Crippen molar-refractivity contribution in [3.63, 3.8) is 0 Å². The summed E-state index contributed by atoms with van der Waals surface area (Å²) in [6.45, 7) is 3.73. The molecule has 0 saturated carbocycles. The summed E-state index contributed by atoms with van der Waals surface area (Å²) in [5.74, 6) is -10.3. The largest absolute Gasteiger partial charge is 0.497 e. The van der Waals surface area contributed by atoms with Gasteiger partial charge in [-0.1, -0.05) is 55.2 Å². The molecule has 7 amide bonds. The smallest absolute Gasteiger partial charge is 0.330 e. The minimum absolute atomic E-state index is 0.00109. The Morgan fingerprint density at radius 2 is 1.23 bits per heavy atom. The molecule has 0 unspecified atom stereocenters. The molecule has 0 aromatic heterocycles. The van der Waals surface area contributed by atoms with Gasteiger partial charge in [-0.15, -0.1) is 0 Å². The summed E-state index contributed by atoms with van der Waals surface area (Å²) in [6, 6.07) is 4.38. The summed E-state index contributed by atoms with van der Waals surface area (Å²) in [5.41, 5.74) is 5.26. The van der Waals surface area contributed by atoms with E-state index in [4.69, 9.17) is 57.4 Å². The number of carbonyl (C=O) groups excluding carboxylic acids is 7. The number of rotatable bonds is 12. The standard InChI is InChI=1S/C57H60Cl2N8O17/c1-23(2)14-33(61-3)51(71)66-46-48(69)25-9-12-36(31(58)16-25)83-39-18-27-19-40(50(39)82-7)84-37-13-10-26(17-32(37)59)49(70)47-56(76)65-45(57(77)78)30-20-28(79-4)21-38(81-6)42(30)29-15-24(8-11-35(29)80-5)43(53(73)67-47)64-54(74)44(27)63-52(72)34(22-41(60)68)62-55(46)75/h8-13,15-21,23,33-34,43-49,61,69-70H,14,22H2,1-7H3,(H2,60,68)(H,62,75)(H,63,72)(H,64,74)(H,65,76)(H,66,71)(H,67,73)(H,77,78)/t33-,34+,43-,44-,45-,46-,47+,48-,49-/m1/s1. The van der Waals surface area contributed by atoms with Gasteiger partial charge in [0.1, 0.15) is 71.2 Å². The van der Waals surface area contributed by atoms with Crippen molar-refractivity contribution in [2.45, 2.75) is 81.2 Å². The van der Waals surface area contributed by atoms with E-state index in [0.29, 0.717) is 6.42 Å². The third-order valence-electron chi connectivity index (χ3n) is 14.1. The van der Waals surface area contributed by atoms with E-state index < -0.39 is 108 Å². The van der Waals surface area contributed by atoms with Crippen LogP contribution in [0.1, 0.15) is 84.8 Å². The topological polar surface area (TPSA) is 363 Å². The predicted molar refractivity (Wildman–Crippen MR) is 300 cm³/mol. The van der Waals surface area contributed by atoms with E-state index in [2.05, 4.69) is 37.2 Å². The Kier molecular flexibility index (Phi) is 18.7. The molecule has 11 bridgehead atoms. The number of halogens is 2. The normalized spacial score (nSPS) is 21.8. The molecule has 27 heteroatoms. The van der Waals surface area contributed by atoms with Gasteiger partial charge in [-0.25, -0.2) is 4.79 Å². The molecule has 10 rings (SSSR count). The number of carboxylic acids is 1. The number of carbonyl (C=O) groups is 8. The van der Waals surface area contributed by atoms with Crippen molar-refractivity contribution >= 4 is 70.5 Å². The Balaban J connectivity index is 1.39. The number of methoxy groups -OCH3 is 4. The number of ether oxygens (including phenoxy) is 6. The average molecular weight is 1200 g/mol. The quantitative estimate of drug-likeness (QED) is 0.0850. The van der Waals surface area contributed by atoms with Gasteiger partial charge in [-0.3, -0.25) is 33.6 Å². The van der Waals surface area contributed by atoms with Crippen LogP contribution in [0, 0.1) is 5.92 Å². The first-order chi connectivity index (χ1) is 40.0. The Morgan fingerprint density at radius 3 is 1.77 bits per heavy atom. The van der Waals surface area contributed by atoms with Gasteiger partial charge in [0.2, 0.25) is 47.1 Å². The number of fused-ring (bicyclic) bond motifs is 15. The van der Waals surface area contributed by atoms with Crippen molar-refractivity contribution in [3.8, 4) is 57.1 Å². The van der Waals surface area contributed by atoms with Crippen LogP contribution in [0.25, 0.3) is 11.1 Å². The number of likely N-dealkylation sites (N-methyl/N-ethyl adjacent to an activating group) is 1. The molecule has 5 aromatic carbocycles. The first-order valence-electron chi connectivity index (χ1n) is 26.0. The Labute approximate surface area is 490 Å². The number of hydrogen-bond donors (Lipinski definition) is 11. The highest BCUT2D eigenvalue weighted by atomic mass is 35.5. The molecule has 5 aliphatic heterocycles. The number of amides is 7. The molecule has 0 fully saturated rings. The Bertz CT molecular complexity index is 3460. The number of carboxylic acid groups (broad SMARTS) is 1. The van der Waals surface area contributed by atoms with Crippen molar-refractivity contribution < 1.29 is 82.1 Å². The fourth-order valence-electron chi connectivity index (χ4n) is 9.95. The molecule has 0 spiro atoms. The zero-order valence-corrected chi connectivity index (χ0v) is 47.6. The third-order valence-corrected chi connectivity index (χ3v) is 14.7. The molecule has 5 aromatic rings. The fourth-order valence-corrected chi connectivity index (χ4v) is 10.4. The lowest BCUT2D eigenvalue weighted by atomic mass is 9.89. The molecule has 0 radical (unpaired) electrons. The molecule has 444 valence electrons. The monoisotopic (exact) mass is 1200 g/mol. The van der Waals surface area contributed by atoms with Crippen LogP contribution < -0.4 is 71.4 Å². The minimum atomic E-state index is -2.08. The van der Waals surface area contributed by atoms with Gasteiger partial charge in [-0.05, 0) is 96.2 Å². The molecule has 5 aliphatic rings. The second-order valence-electron chi connectivity index (χ2n) is 20.1. The molecule has 12 N–H and O–H groups in total. The van der Waals surface area contributed by atoms with Crippen LogP contribution in [-0.4, -0.2) is 122 Å². The van der Waals surface area contributed by atoms with E-state index in [0.717, 1.165) is 0 Å². The number of benzene rings is 5. The van der Waals surface area contributed by atoms with E-state index in [1.54, 1.807) is 0 Å². The lowest BCUT2D eigenvalue weighted by Gasteiger charge is -2.31. The number of aliphatic hydroxyl groups is 2. The summed E-state index contributed by atoms with van der Waals surface area (Å²) in [4.78, 5) is 115. The van der Waals surface area contributed by atoms with Crippen molar-refractivity contribution in [1.29, 1.82) is 0 Å². The highest BCUT2D eigenvalue weighted by Crippen LogP contribution is 2.48. The van der Waals surface area contributed by atoms with Gasteiger partial charge in [-0.2, -0.15) is 0 Å². The average Bonchev–Trinajstić information content (AvgIpc) is 2.07. The van der Waals surface area contributed by atoms with Gasteiger partial charge < -0.3 is 86.7 Å². The summed E-state index contributed by atoms with van der Waals surface area (Å²) in [5, 5.41) is 52.6. The van der Waals surface area contributed by atoms with E-state index in [9.17, 15) is 44.1 Å². The van der Waals surface area contributed by atoms with Crippen LogP contribution in [0.5, 0.6) is 46.0 Å². The number of aliphatic hydroxyl groups excluding tert-OH is 2. The maximum absolute atomic E-state index is 15.7. The SMILES string of the molecule is CN[C@H](CC(C)C)C(=O)N[C@H]1C(=O)N[C@@H](CC(N)=O)C(=O)N[C@H]2C(=O)N[C@H]3C(=O)N[C@H](C(=O)N[C@@H](C(=O)O)c4cc(OC)cc(OC)c4-c4cc3ccc4OC)[C@H](O)c3ccc(c(Cl)c3)Oc3cc2cc(c3OC)Oc2ccc(cc2Cl)[C@H]1O. The number of hydrogen-bond acceptors (Lipinski definition) is 17. The van der Waals surface area contributed by atoms with Gasteiger partial charge in [0.15, 0.2) is 17.5 Å². The molecule has 9 atom stereocenters. The summed E-state index contributed by atoms with van der Waals surface area (Å²) >= 11 is 13.8. The van der Waals surface area contributed by atoms with Crippen LogP contribution in [0.3, 0.4) is 0 Å². The number of nitrogens with one attached hydrogen (secondary N) is 7. The van der Waals surface area contributed by atoms with Crippen LogP contribution in [0.2, 0.25) is 10.0 Å². The van der Waals surface area contributed by atoms with Gasteiger partial charge in [0, 0.05) is 22.8 Å². The highest BCUT2D eigenvalue weighted by molar-refractivity contribution is 6.32. The highest BCUT2D eigenvalue weighted by Gasteiger charge is 2.42. The van der Waals surface area contributed by atoms with Crippen molar-refractivity contribution in [2.75, 3.05) is 35.5 Å². The number of nitrogens with two attached hydrogens (primary N) is 1. The first kappa shape index (κ1) is 61.2. The minimum Gasteiger partial charge on any atom is -0.497 e. The van der Waals surface area contributed by atoms with Crippen molar-refractivity contribution in [2.24, 2.45) is 11.7 Å².